The molecule has 0 fully saturated rings. The normalized spacial score (nSPS) is 18.1. The molecule has 2 N–H and O–H groups in total. The minimum absolute atomic E-state index is 0.0481. The van der Waals surface area contributed by atoms with Gasteiger partial charge < -0.3 is 14.9 Å². The summed E-state index contributed by atoms with van der Waals surface area (Å²) in [5.74, 6) is 0.699. The Balaban J connectivity index is 2.32. The molecule has 1 atom stereocenters. The Morgan fingerprint density at radius 2 is 2.10 bits per heavy atom. The Kier molecular flexibility index (Phi) is 3.20. The summed E-state index contributed by atoms with van der Waals surface area (Å²) in [5, 5.41) is 21.2. The van der Waals surface area contributed by atoms with Gasteiger partial charge in [0.25, 0.3) is 0 Å². The third-order valence-electron chi connectivity index (χ3n) is 3.89. The van der Waals surface area contributed by atoms with Crippen LogP contribution in [0.2, 0.25) is 0 Å². The lowest BCUT2D eigenvalue weighted by Gasteiger charge is -2.21. The molecule has 0 amide bonds. The van der Waals surface area contributed by atoms with E-state index < -0.39 is 6.10 Å². The van der Waals surface area contributed by atoms with E-state index in [1.807, 2.05) is 12.1 Å². The van der Waals surface area contributed by atoms with Crippen LogP contribution in [0.25, 0.3) is 10.8 Å². The van der Waals surface area contributed by atoms with Crippen molar-refractivity contribution < 1.29 is 19.7 Å². The molecule has 0 saturated heterocycles. The predicted octanol–water partition coefficient (Wildman–Crippen LogP) is 2.35. The van der Waals surface area contributed by atoms with E-state index in [1.54, 1.807) is 19.2 Å². The number of carbonyl (C=O) groups excluding carboxylic acids is 1. The number of hydrogen-bond donors (Lipinski definition) is 2. The summed E-state index contributed by atoms with van der Waals surface area (Å²) in [5.41, 5.74) is 1.96. The maximum absolute atomic E-state index is 12.0. The fourth-order valence-electron chi connectivity index (χ4n) is 2.80. The molecule has 0 bridgehead atoms. The van der Waals surface area contributed by atoms with Crippen LogP contribution in [0.15, 0.2) is 24.3 Å². The molecule has 20 heavy (non-hydrogen) atoms. The largest absolute Gasteiger partial charge is 0.497 e. The number of hydrogen-bond acceptors (Lipinski definition) is 4. The average Bonchev–Trinajstić information content (AvgIpc) is 2.48. The molecule has 4 nitrogen and oxygen atoms in total. The van der Waals surface area contributed by atoms with Gasteiger partial charge in [0.2, 0.25) is 0 Å². The van der Waals surface area contributed by atoms with Crippen LogP contribution >= 0.6 is 0 Å². The van der Waals surface area contributed by atoms with Gasteiger partial charge in [-0.2, -0.15) is 0 Å². The zero-order valence-corrected chi connectivity index (χ0v) is 11.2. The molecule has 0 spiro atoms. The molecule has 0 heterocycles. The Hall–Kier alpha value is -1.91. The van der Waals surface area contributed by atoms with Crippen molar-refractivity contribution >= 4 is 16.6 Å². The number of Topliss-reactive ketones (excluding diaryl/α,β-unsaturated/α-hetero) is 1. The van der Waals surface area contributed by atoms with Crippen LogP contribution in [0.4, 0.5) is 0 Å². The highest BCUT2D eigenvalue weighted by atomic mass is 16.5. The van der Waals surface area contributed by atoms with Gasteiger partial charge in [0.1, 0.15) is 5.75 Å². The fraction of sp³-hybridized carbons (Fsp3) is 0.312. The Morgan fingerprint density at radius 1 is 1.30 bits per heavy atom. The van der Waals surface area contributed by atoms with Crippen molar-refractivity contribution in [2.45, 2.75) is 25.6 Å². The lowest BCUT2D eigenvalue weighted by Crippen LogP contribution is -2.15. The van der Waals surface area contributed by atoms with E-state index in [9.17, 15) is 15.0 Å². The van der Waals surface area contributed by atoms with Crippen LogP contribution in [0.3, 0.4) is 0 Å². The number of ether oxygens (including phenoxy) is 1. The summed E-state index contributed by atoms with van der Waals surface area (Å²) < 4.78 is 5.22. The van der Waals surface area contributed by atoms with E-state index in [1.165, 1.54) is 0 Å². The van der Waals surface area contributed by atoms with E-state index in [4.69, 9.17) is 4.74 Å². The summed E-state index contributed by atoms with van der Waals surface area (Å²) in [7, 11) is 1.57. The lowest BCUT2D eigenvalue weighted by molar-refractivity contribution is 0.0897. The molecule has 0 aliphatic heterocycles. The first-order chi connectivity index (χ1) is 9.63. The number of fused-ring (bicyclic) bond motifs is 2. The second-order valence-electron chi connectivity index (χ2n) is 5.08. The maximum atomic E-state index is 12.0. The van der Waals surface area contributed by atoms with Gasteiger partial charge in [-0.05, 0) is 52.6 Å². The molecular weight excluding hydrogens is 256 g/mol. The van der Waals surface area contributed by atoms with Crippen LogP contribution < -0.4 is 4.74 Å². The topological polar surface area (TPSA) is 66.8 Å². The molecule has 1 aliphatic carbocycles. The van der Waals surface area contributed by atoms with Gasteiger partial charge in [-0.1, -0.05) is 0 Å². The summed E-state index contributed by atoms with van der Waals surface area (Å²) in [6.07, 6.45) is 0.231. The molecular formula is C16H16O4. The van der Waals surface area contributed by atoms with E-state index in [0.717, 1.165) is 16.3 Å². The molecule has 1 unspecified atom stereocenters. The molecule has 0 radical (unpaired) electrons. The number of carbonyl (C=O) groups is 1. The first-order valence-electron chi connectivity index (χ1n) is 6.60. The van der Waals surface area contributed by atoms with Crippen molar-refractivity contribution in [3.8, 4) is 5.75 Å². The third-order valence-corrected chi connectivity index (χ3v) is 3.89. The lowest BCUT2D eigenvalue weighted by atomic mass is 9.85. The number of aliphatic hydroxyl groups excluding tert-OH is 2. The molecule has 4 heteroatoms. The van der Waals surface area contributed by atoms with Crippen LogP contribution in [0, 0.1) is 0 Å². The van der Waals surface area contributed by atoms with Gasteiger partial charge in [-0.15, -0.1) is 0 Å². The van der Waals surface area contributed by atoms with Gasteiger partial charge in [-0.3, -0.25) is 4.79 Å². The Labute approximate surface area is 116 Å². The smallest absolute Gasteiger partial charge is 0.163 e. The first-order valence-corrected chi connectivity index (χ1v) is 6.60. The molecule has 0 saturated carbocycles. The number of rotatable bonds is 2. The molecule has 2 aromatic carbocycles. The van der Waals surface area contributed by atoms with Crippen molar-refractivity contribution in [1.29, 1.82) is 0 Å². The number of benzene rings is 2. The van der Waals surface area contributed by atoms with E-state index >= 15 is 0 Å². The van der Waals surface area contributed by atoms with Crippen molar-refractivity contribution in [3.05, 3.63) is 41.0 Å². The second kappa shape index (κ2) is 4.89. The van der Waals surface area contributed by atoms with Crippen LogP contribution in [0.5, 0.6) is 5.75 Å². The monoisotopic (exact) mass is 272 g/mol. The minimum atomic E-state index is -0.601. The fourth-order valence-corrected chi connectivity index (χ4v) is 2.80. The molecule has 1 aliphatic rings. The Morgan fingerprint density at radius 3 is 2.80 bits per heavy atom. The zero-order valence-electron chi connectivity index (χ0n) is 11.2. The maximum Gasteiger partial charge on any atom is 0.163 e. The van der Waals surface area contributed by atoms with Gasteiger partial charge in [0, 0.05) is 12.0 Å². The zero-order chi connectivity index (χ0) is 14.3. The van der Waals surface area contributed by atoms with E-state index in [-0.39, 0.29) is 12.4 Å². The number of aliphatic hydroxyl groups is 2. The molecule has 3 rings (SSSR count). The highest BCUT2D eigenvalue weighted by molar-refractivity contribution is 6.03. The SMILES string of the molecule is COc1cc(CO)c2cc3c(cc2c1)C(O)CCC3=O. The standard InChI is InChI=1S/C16H16O4/c1-20-11-4-9-6-13-14(16(19)3-2-15(13)18)7-12(9)10(5-11)8-17/h4-7,15,17-18H,2-3,8H2,1H3. The van der Waals surface area contributed by atoms with E-state index in [0.29, 0.717) is 29.7 Å². The van der Waals surface area contributed by atoms with Crippen LogP contribution in [-0.4, -0.2) is 23.1 Å². The number of ketones is 1. The van der Waals surface area contributed by atoms with Crippen LogP contribution in [-0.2, 0) is 6.61 Å². The minimum Gasteiger partial charge on any atom is -0.497 e. The van der Waals surface area contributed by atoms with Crippen molar-refractivity contribution in [2.75, 3.05) is 7.11 Å². The summed E-state index contributed by atoms with van der Waals surface area (Å²) in [6.45, 7) is -0.122. The Bertz CT molecular complexity index is 690. The summed E-state index contributed by atoms with van der Waals surface area (Å²) >= 11 is 0. The summed E-state index contributed by atoms with van der Waals surface area (Å²) in [6, 6.07) is 7.22. The highest BCUT2D eigenvalue weighted by Crippen LogP contribution is 2.35. The quantitative estimate of drug-likeness (QED) is 0.880. The second-order valence-corrected chi connectivity index (χ2v) is 5.08. The van der Waals surface area contributed by atoms with Gasteiger partial charge in [0.15, 0.2) is 5.78 Å². The van der Waals surface area contributed by atoms with Crippen molar-refractivity contribution in [3.63, 3.8) is 0 Å². The molecule has 0 aromatic heterocycles. The number of methoxy groups -OCH3 is 1. The molecule has 2 aromatic rings. The predicted molar refractivity (Wildman–Crippen MR) is 74.9 cm³/mol. The summed E-state index contributed by atoms with van der Waals surface area (Å²) in [4.78, 5) is 12.0. The van der Waals surface area contributed by atoms with Gasteiger partial charge >= 0.3 is 0 Å². The van der Waals surface area contributed by atoms with Crippen molar-refractivity contribution in [1.82, 2.24) is 0 Å². The first kappa shape index (κ1) is 13.1. The van der Waals surface area contributed by atoms with Crippen LogP contribution in [0.1, 0.15) is 40.4 Å². The third kappa shape index (κ3) is 1.97. The van der Waals surface area contributed by atoms with Crippen molar-refractivity contribution in [2.24, 2.45) is 0 Å². The average molecular weight is 272 g/mol. The van der Waals surface area contributed by atoms with E-state index in [2.05, 4.69) is 0 Å². The highest BCUT2D eigenvalue weighted by Gasteiger charge is 2.25. The van der Waals surface area contributed by atoms with Gasteiger partial charge in [0.05, 0.1) is 19.8 Å². The van der Waals surface area contributed by atoms with Gasteiger partial charge in [-0.25, -0.2) is 0 Å². The molecule has 104 valence electrons.